The van der Waals surface area contributed by atoms with Gasteiger partial charge in [-0.2, -0.15) is 0 Å². The van der Waals surface area contributed by atoms with E-state index in [4.69, 9.17) is 4.42 Å². The van der Waals surface area contributed by atoms with E-state index < -0.39 is 6.04 Å². The fourth-order valence-electron chi connectivity index (χ4n) is 3.56. The van der Waals surface area contributed by atoms with Gasteiger partial charge in [-0.1, -0.05) is 24.3 Å². The zero-order valence-electron chi connectivity index (χ0n) is 15.5. The molecule has 0 spiro atoms. The number of carbonyl (C=O) groups is 2. The molecule has 0 radical (unpaired) electrons. The first-order chi connectivity index (χ1) is 13.6. The van der Waals surface area contributed by atoms with Gasteiger partial charge < -0.3 is 14.6 Å². The fourth-order valence-corrected chi connectivity index (χ4v) is 3.56. The number of hydrogen-bond acceptors (Lipinski definition) is 4. The number of nitrogens with one attached hydrogen (secondary N) is 1. The smallest absolute Gasteiger partial charge is 0.290 e. The van der Waals surface area contributed by atoms with Crippen molar-refractivity contribution in [1.82, 2.24) is 15.2 Å². The molecule has 4 rings (SSSR count). The average Bonchev–Trinajstić information content (AvgIpc) is 3.27. The third-order valence-electron chi connectivity index (χ3n) is 5.11. The van der Waals surface area contributed by atoms with Gasteiger partial charge in [0.05, 0.1) is 12.3 Å². The van der Waals surface area contributed by atoms with E-state index in [1.165, 1.54) is 6.26 Å². The van der Waals surface area contributed by atoms with Crippen LogP contribution in [0.25, 0.3) is 0 Å². The maximum Gasteiger partial charge on any atom is 0.290 e. The van der Waals surface area contributed by atoms with Crippen molar-refractivity contribution in [2.45, 2.75) is 32.0 Å². The van der Waals surface area contributed by atoms with Crippen LogP contribution in [-0.2, 0) is 17.8 Å². The lowest BCUT2D eigenvalue weighted by Crippen LogP contribution is -2.52. The Morgan fingerprint density at radius 2 is 1.86 bits per heavy atom. The van der Waals surface area contributed by atoms with Crippen LogP contribution in [0.5, 0.6) is 0 Å². The second-order valence-electron chi connectivity index (χ2n) is 6.91. The molecule has 1 aliphatic rings. The van der Waals surface area contributed by atoms with Crippen molar-refractivity contribution in [2.24, 2.45) is 0 Å². The fraction of sp³-hybridized carbons (Fsp3) is 0.227. The van der Waals surface area contributed by atoms with Crippen molar-refractivity contribution in [3.05, 3.63) is 89.6 Å². The summed E-state index contributed by atoms with van der Waals surface area (Å²) in [6.45, 7) is 2.29. The Balaban J connectivity index is 1.60. The van der Waals surface area contributed by atoms with Crippen molar-refractivity contribution in [2.75, 3.05) is 0 Å². The Morgan fingerprint density at radius 3 is 2.57 bits per heavy atom. The van der Waals surface area contributed by atoms with Crippen LogP contribution in [0.3, 0.4) is 0 Å². The number of pyridine rings is 1. The summed E-state index contributed by atoms with van der Waals surface area (Å²) in [6, 6.07) is 14.1. The maximum absolute atomic E-state index is 13.1. The highest BCUT2D eigenvalue weighted by Crippen LogP contribution is 2.26. The van der Waals surface area contributed by atoms with Gasteiger partial charge >= 0.3 is 0 Å². The number of amides is 2. The largest absolute Gasteiger partial charge is 0.459 e. The van der Waals surface area contributed by atoms with Crippen LogP contribution in [0, 0.1) is 0 Å². The molecule has 0 saturated carbocycles. The molecule has 1 N–H and O–H groups in total. The predicted octanol–water partition coefficient (Wildman–Crippen LogP) is 3.12. The first-order valence-corrected chi connectivity index (χ1v) is 9.25. The molecule has 142 valence electrons. The number of fused-ring (bicyclic) bond motifs is 1. The van der Waals surface area contributed by atoms with Crippen molar-refractivity contribution in [3.8, 4) is 0 Å². The molecule has 1 aliphatic heterocycles. The lowest BCUT2D eigenvalue weighted by atomic mass is 9.93. The average molecular weight is 375 g/mol. The van der Waals surface area contributed by atoms with Crippen LogP contribution in [0.4, 0.5) is 0 Å². The number of aromatic nitrogens is 1. The molecular weight excluding hydrogens is 354 g/mol. The van der Waals surface area contributed by atoms with Crippen molar-refractivity contribution in [3.63, 3.8) is 0 Å². The summed E-state index contributed by atoms with van der Waals surface area (Å²) in [6.07, 6.45) is 5.33. The van der Waals surface area contributed by atoms with Gasteiger partial charge in [-0.15, -0.1) is 0 Å². The molecule has 2 unspecified atom stereocenters. The summed E-state index contributed by atoms with van der Waals surface area (Å²) in [7, 11) is 0. The topological polar surface area (TPSA) is 75.4 Å². The van der Waals surface area contributed by atoms with Gasteiger partial charge in [0.2, 0.25) is 5.91 Å². The quantitative estimate of drug-likeness (QED) is 0.760. The van der Waals surface area contributed by atoms with Crippen LogP contribution in [0.15, 0.2) is 71.6 Å². The Hall–Kier alpha value is -3.41. The number of hydrogen-bond donors (Lipinski definition) is 1. The third kappa shape index (κ3) is 3.53. The summed E-state index contributed by atoms with van der Waals surface area (Å²) >= 11 is 0. The van der Waals surface area contributed by atoms with E-state index in [9.17, 15) is 9.59 Å². The molecule has 3 aromatic rings. The minimum absolute atomic E-state index is 0.182. The number of nitrogens with zero attached hydrogens (tertiary/aromatic N) is 2. The molecule has 1 aromatic carbocycles. The van der Waals surface area contributed by atoms with Gasteiger partial charge in [0, 0.05) is 25.4 Å². The highest BCUT2D eigenvalue weighted by atomic mass is 16.3. The highest BCUT2D eigenvalue weighted by Gasteiger charge is 2.36. The lowest BCUT2D eigenvalue weighted by molar-refractivity contribution is -0.126. The van der Waals surface area contributed by atoms with Gasteiger partial charge in [0.25, 0.3) is 5.91 Å². The Bertz CT molecular complexity index is 970. The number of furan rings is 1. The summed E-state index contributed by atoms with van der Waals surface area (Å²) in [5.41, 5.74) is 3.10. The molecule has 3 heterocycles. The molecule has 0 fully saturated rings. The number of carbonyl (C=O) groups excluding carboxylic acids is 2. The van der Waals surface area contributed by atoms with E-state index in [1.807, 2.05) is 43.3 Å². The zero-order valence-corrected chi connectivity index (χ0v) is 15.5. The van der Waals surface area contributed by atoms with Gasteiger partial charge in [0.1, 0.15) is 6.04 Å². The highest BCUT2D eigenvalue weighted by molar-refractivity contribution is 5.96. The van der Waals surface area contributed by atoms with Crippen molar-refractivity contribution in [1.29, 1.82) is 0 Å². The van der Waals surface area contributed by atoms with E-state index >= 15 is 0 Å². The van der Waals surface area contributed by atoms with Gasteiger partial charge in [-0.25, -0.2) is 0 Å². The van der Waals surface area contributed by atoms with E-state index in [0.717, 1.165) is 16.7 Å². The van der Waals surface area contributed by atoms with E-state index in [2.05, 4.69) is 10.3 Å². The lowest BCUT2D eigenvalue weighted by Gasteiger charge is -2.36. The monoisotopic (exact) mass is 375 g/mol. The molecule has 0 bridgehead atoms. The Labute approximate surface area is 163 Å². The Morgan fingerprint density at radius 1 is 1.11 bits per heavy atom. The third-order valence-corrected chi connectivity index (χ3v) is 5.11. The molecule has 0 aliphatic carbocycles. The van der Waals surface area contributed by atoms with E-state index in [-0.39, 0.29) is 23.6 Å². The first-order valence-electron chi connectivity index (χ1n) is 9.25. The maximum atomic E-state index is 13.1. The van der Waals surface area contributed by atoms with Crippen molar-refractivity contribution >= 4 is 11.8 Å². The van der Waals surface area contributed by atoms with Crippen LogP contribution in [-0.4, -0.2) is 27.7 Å². The first kappa shape index (κ1) is 18.0. The molecular formula is C22H21N3O3. The minimum Gasteiger partial charge on any atom is -0.459 e. The van der Waals surface area contributed by atoms with E-state index in [1.54, 1.807) is 29.4 Å². The van der Waals surface area contributed by atoms with Gasteiger partial charge in [0.15, 0.2) is 5.76 Å². The molecule has 2 atom stereocenters. The molecule has 0 saturated heterocycles. The van der Waals surface area contributed by atoms with Gasteiger partial charge in [-0.3, -0.25) is 14.6 Å². The molecule has 6 heteroatoms. The Kier molecular flexibility index (Phi) is 4.93. The van der Waals surface area contributed by atoms with Crippen LogP contribution in [0.2, 0.25) is 0 Å². The summed E-state index contributed by atoms with van der Waals surface area (Å²) in [4.78, 5) is 31.7. The summed E-state index contributed by atoms with van der Waals surface area (Å²) in [5, 5.41) is 3.04. The molecule has 2 amide bonds. The molecule has 6 nitrogen and oxygen atoms in total. The second kappa shape index (κ2) is 7.68. The minimum atomic E-state index is -0.600. The molecule has 28 heavy (non-hydrogen) atoms. The standard InChI is InChI=1S/C22H21N3O3/c1-15(16-8-10-23-11-9-16)24-21(26)19-13-17-5-2-3-6-18(17)14-25(19)22(27)20-7-4-12-28-20/h2-12,15,19H,13-14H2,1H3,(H,24,26). The van der Waals surface area contributed by atoms with Gasteiger partial charge in [-0.05, 0) is 47.9 Å². The normalized spacial score (nSPS) is 16.9. The number of benzene rings is 1. The van der Waals surface area contributed by atoms with Crippen LogP contribution < -0.4 is 5.32 Å². The van der Waals surface area contributed by atoms with E-state index in [0.29, 0.717) is 13.0 Å². The predicted molar refractivity (Wildman–Crippen MR) is 103 cm³/mol. The second-order valence-corrected chi connectivity index (χ2v) is 6.91. The molecule has 2 aromatic heterocycles. The number of rotatable bonds is 4. The summed E-state index contributed by atoms with van der Waals surface area (Å²) in [5.74, 6) is -0.227. The zero-order chi connectivity index (χ0) is 19.5. The SMILES string of the molecule is CC(NC(=O)C1Cc2ccccc2CN1C(=O)c1ccco1)c1ccncc1. The van der Waals surface area contributed by atoms with Crippen molar-refractivity contribution < 1.29 is 14.0 Å². The summed E-state index contributed by atoms with van der Waals surface area (Å²) < 4.78 is 5.29. The van der Waals surface area contributed by atoms with Crippen LogP contribution in [0.1, 0.15) is 40.2 Å². The van der Waals surface area contributed by atoms with Crippen LogP contribution >= 0.6 is 0 Å².